The second-order valence-corrected chi connectivity index (χ2v) is 4.40. The standard InChI is InChI=1S/C12H13F3N2O/c13-10-7-8(4-6-16-10)11(18)17-9-3-1-2-5-12(9,14)15/h4,6-7,9H,1-3,5H2,(H,17,18). The van der Waals surface area contributed by atoms with Crippen molar-refractivity contribution in [1.29, 1.82) is 0 Å². The maximum Gasteiger partial charge on any atom is 0.267 e. The fourth-order valence-corrected chi connectivity index (χ4v) is 2.06. The van der Waals surface area contributed by atoms with Gasteiger partial charge in [0.05, 0.1) is 6.04 Å². The van der Waals surface area contributed by atoms with Crippen molar-refractivity contribution >= 4 is 5.91 Å². The van der Waals surface area contributed by atoms with Crippen molar-refractivity contribution in [3.05, 3.63) is 29.8 Å². The number of halogens is 3. The molecule has 0 radical (unpaired) electrons. The van der Waals surface area contributed by atoms with Gasteiger partial charge in [0.2, 0.25) is 5.95 Å². The van der Waals surface area contributed by atoms with E-state index in [9.17, 15) is 18.0 Å². The predicted octanol–water partition coefficient (Wildman–Crippen LogP) is 2.53. The van der Waals surface area contributed by atoms with Crippen LogP contribution in [0.1, 0.15) is 36.0 Å². The van der Waals surface area contributed by atoms with Crippen LogP contribution in [0.25, 0.3) is 0 Å². The van der Waals surface area contributed by atoms with Crippen LogP contribution in [-0.2, 0) is 0 Å². The average molecular weight is 258 g/mol. The van der Waals surface area contributed by atoms with Gasteiger partial charge < -0.3 is 5.32 Å². The van der Waals surface area contributed by atoms with E-state index in [1.807, 2.05) is 0 Å². The minimum atomic E-state index is -2.89. The zero-order chi connectivity index (χ0) is 13.2. The Bertz CT molecular complexity index is 451. The molecule has 1 atom stereocenters. The van der Waals surface area contributed by atoms with Crippen molar-refractivity contribution in [3.63, 3.8) is 0 Å². The lowest BCUT2D eigenvalue weighted by atomic mass is 9.91. The van der Waals surface area contributed by atoms with Gasteiger partial charge in [-0.25, -0.2) is 13.8 Å². The lowest BCUT2D eigenvalue weighted by Crippen LogP contribution is -2.49. The molecule has 1 N–H and O–H groups in total. The first kappa shape index (κ1) is 12.9. The Morgan fingerprint density at radius 1 is 1.44 bits per heavy atom. The van der Waals surface area contributed by atoms with Crippen molar-refractivity contribution < 1.29 is 18.0 Å². The van der Waals surface area contributed by atoms with Crippen LogP contribution >= 0.6 is 0 Å². The minimum absolute atomic E-state index is 0.00359. The molecule has 0 saturated heterocycles. The van der Waals surface area contributed by atoms with Gasteiger partial charge >= 0.3 is 0 Å². The number of pyridine rings is 1. The zero-order valence-electron chi connectivity index (χ0n) is 9.63. The molecular formula is C12H13F3N2O. The molecule has 0 bridgehead atoms. The Labute approximate surface area is 102 Å². The summed E-state index contributed by atoms with van der Waals surface area (Å²) in [4.78, 5) is 15.0. The first-order valence-electron chi connectivity index (χ1n) is 5.79. The van der Waals surface area contributed by atoms with E-state index in [2.05, 4.69) is 10.3 Å². The number of hydrogen-bond acceptors (Lipinski definition) is 2. The Hall–Kier alpha value is -1.59. The number of aromatic nitrogens is 1. The topological polar surface area (TPSA) is 42.0 Å². The highest BCUT2D eigenvalue weighted by molar-refractivity contribution is 5.94. The van der Waals surface area contributed by atoms with Crippen LogP contribution in [-0.4, -0.2) is 22.9 Å². The van der Waals surface area contributed by atoms with Crippen LogP contribution in [0, 0.1) is 5.95 Å². The van der Waals surface area contributed by atoms with E-state index >= 15 is 0 Å². The molecule has 1 aliphatic carbocycles. The molecule has 1 heterocycles. The summed E-state index contributed by atoms with van der Waals surface area (Å²) in [6.07, 6.45) is 2.27. The normalized spacial score (nSPS) is 22.5. The van der Waals surface area contributed by atoms with Crippen molar-refractivity contribution in [3.8, 4) is 0 Å². The highest BCUT2D eigenvalue weighted by atomic mass is 19.3. The van der Waals surface area contributed by atoms with E-state index in [0.29, 0.717) is 12.8 Å². The predicted molar refractivity (Wildman–Crippen MR) is 58.9 cm³/mol. The summed E-state index contributed by atoms with van der Waals surface area (Å²) in [6.45, 7) is 0. The Kier molecular flexibility index (Phi) is 3.54. The molecule has 1 aliphatic rings. The maximum absolute atomic E-state index is 13.5. The van der Waals surface area contributed by atoms with E-state index in [-0.39, 0.29) is 18.4 Å². The summed E-state index contributed by atoms with van der Waals surface area (Å²) >= 11 is 0. The van der Waals surface area contributed by atoms with Gasteiger partial charge in [-0.1, -0.05) is 6.42 Å². The second-order valence-electron chi connectivity index (χ2n) is 4.40. The number of carbonyl (C=O) groups excluding carboxylic acids is 1. The molecule has 98 valence electrons. The van der Waals surface area contributed by atoms with E-state index in [0.717, 1.165) is 12.3 Å². The van der Waals surface area contributed by atoms with Gasteiger partial charge in [0.1, 0.15) is 0 Å². The quantitative estimate of drug-likeness (QED) is 0.828. The number of rotatable bonds is 2. The molecule has 0 aromatic carbocycles. The molecular weight excluding hydrogens is 245 g/mol. The smallest absolute Gasteiger partial charge is 0.267 e. The Morgan fingerprint density at radius 3 is 2.89 bits per heavy atom. The molecule has 0 spiro atoms. The molecule has 1 aromatic heterocycles. The molecule has 1 fully saturated rings. The number of nitrogens with one attached hydrogen (secondary N) is 1. The van der Waals surface area contributed by atoms with E-state index in [1.54, 1.807) is 0 Å². The van der Waals surface area contributed by atoms with Crippen molar-refractivity contribution in [2.24, 2.45) is 0 Å². The Morgan fingerprint density at radius 2 is 2.22 bits per heavy atom. The van der Waals surface area contributed by atoms with E-state index < -0.39 is 23.8 Å². The number of alkyl halides is 2. The second kappa shape index (κ2) is 4.96. The zero-order valence-corrected chi connectivity index (χ0v) is 9.63. The van der Waals surface area contributed by atoms with E-state index in [4.69, 9.17) is 0 Å². The highest BCUT2D eigenvalue weighted by Crippen LogP contribution is 2.33. The highest BCUT2D eigenvalue weighted by Gasteiger charge is 2.42. The Balaban J connectivity index is 2.07. The summed E-state index contributed by atoms with van der Waals surface area (Å²) in [5.41, 5.74) is 0.00359. The molecule has 1 unspecified atom stereocenters. The van der Waals surface area contributed by atoms with Crippen LogP contribution in [0.3, 0.4) is 0 Å². The molecule has 1 saturated carbocycles. The van der Waals surface area contributed by atoms with Crippen LogP contribution < -0.4 is 5.32 Å². The molecule has 6 heteroatoms. The average Bonchev–Trinajstić information content (AvgIpc) is 2.31. The van der Waals surface area contributed by atoms with Gasteiger partial charge in [-0.15, -0.1) is 0 Å². The summed E-state index contributed by atoms with van der Waals surface area (Å²) in [6, 6.07) is 1.05. The minimum Gasteiger partial charge on any atom is -0.343 e. The third-order valence-electron chi connectivity index (χ3n) is 3.06. The number of carbonyl (C=O) groups is 1. The summed E-state index contributed by atoms with van der Waals surface area (Å²) in [5.74, 6) is -4.39. The summed E-state index contributed by atoms with van der Waals surface area (Å²) < 4.78 is 39.9. The van der Waals surface area contributed by atoms with Gasteiger partial charge in [-0.3, -0.25) is 4.79 Å². The van der Waals surface area contributed by atoms with Gasteiger partial charge in [0, 0.05) is 24.2 Å². The fourth-order valence-electron chi connectivity index (χ4n) is 2.06. The first-order valence-corrected chi connectivity index (χ1v) is 5.79. The molecule has 2 rings (SSSR count). The van der Waals surface area contributed by atoms with Gasteiger partial charge in [0.25, 0.3) is 11.8 Å². The number of amides is 1. The largest absolute Gasteiger partial charge is 0.343 e. The SMILES string of the molecule is O=C(NC1CCCCC1(F)F)c1ccnc(F)c1. The van der Waals surface area contributed by atoms with Crippen LogP contribution in [0.15, 0.2) is 18.3 Å². The molecule has 1 amide bonds. The van der Waals surface area contributed by atoms with Gasteiger partial charge in [-0.2, -0.15) is 4.39 Å². The third-order valence-corrected chi connectivity index (χ3v) is 3.06. The van der Waals surface area contributed by atoms with Crippen molar-refractivity contribution in [1.82, 2.24) is 10.3 Å². The van der Waals surface area contributed by atoms with Gasteiger partial charge in [-0.05, 0) is 18.9 Å². The fraction of sp³-hybridized carbons (Fsp3) is 0.500. The molecule has 1 aromatic rings. The van der Waals surface area contributed by atoms with Crippen molar-refractivity contribution in [2.75, 3.05) is 0 Å². The van der Waals surface area contributed by atoms with Crippen LogP contribution in [0.4, 0.5) is 13.2 Å². The molecule has 3 nitrogen and oxygen atoms in total. The maximum atomic E-state index is 13.5. The monoisotopic (exact) mass is 258 g/mol. The lowest BCUT2D eigenvalue weighted by Gasteiger charge is -2.31. The summed E-state index contributed by atoms with van der Waals surface area (Å²) in [5, 5.41) is 2.27. The number of nitrogens with zero attached hydrogens (tertiary/aromatic N) is 1. The summed E-state index contributed by atoms with van der Waals surface area (Å²) in [7, 11) is 0. The van der Waals surface area contributed by atoms with Crippen LogP contribution in [0.2, 0.25) is 0 Å². The van der Waals surface area contributed by atoms with Crippen LogP contribution in [0.5, 0.6) is 0 Å². The van der Waals surface area contributed by atoms with Gasteiger partial charge in [0.15, 0.2) is 0 Å². The first-order chi connectivity index (χ1) is 8.49. The molecule has 18 heavy (non-hydrogen) atoms. The van der Waals surface area contributed by atoms with E-state index in [1.165, 1.54) is 6.07 Å². The third kappa shape index (κ3) is 2.80. The molecule has 0 aliphatic heterocycles. The number of hydrogen-bond donors (Lipinski definition) is 1. The lowest BCUT2D eigenvalue weighted by molar-refractivity contribution is -0.0609. The van der Waals surface area contributed by atoms with Crippen molar-refractivity contribution in [2.45, 2.75) is 37.6 Å².